The van der Waals surface area contributed by atoms with Crippen LogP contribution in [0.2, 0.25) is 0 Å². The topological polar surface area (TPSA) is 86.8 Å². The molecule has 0 saturated carbocycles. The van der Waals surface area contributed by atoms with Gasteiger partial charge in [-0.25, -0.2) is 8.42 Å². The summed E-state index contributed by atoms with van der Waals surface area (Å²) < 4.78 is 26.1. The van der Waals surface area contributed by atoms with E-state index >= 15 is 0 Å². The van der Waals surface area contributed by atoms with E-state index in [4.69, 9.17) is 0 Å². The maximum absolute atomic E-state index is 13.3. The molecular formula is C19H21N3O4S. The van der Waals surface area contributed by atoms with Crippen molar-refractivity contribution >= 4 is 38.9 Å². The molecule has 2 amide bonds. The Morgan fingerprint density at radius 3 is 2.41 bits per heavy atom. The van der Waals surface area contributed by atoms with Crippen LogP contribution < -0.4 is 14.5 Å². The summed E-state index contributed by atoms with van der Waals surface area (Å²) in [4.78, 5) is 26.7. The van der Waals surface area contributed by atoms with Gasteiger partial charge in [-0.05, 0) is 30.7 Å². The molecular weight excluding hydrogens is 366 g/mol. The van der Waals surface area contributed by atoms with Gasteiger partial charge in [-0.2, -0.15) is 0 Å². The van der Waals surface area contributed by atoms with Crippen LogP contribution in [-0.2, 0) is 19.6 Å². The first-order chi connectivity index (χ1) is 12.8. The molecule has 0 aliphatic carbocycles. The Hall–Kier alpha value is -2.87. The van der Waals surface area contributed by atoms with Gasteiger partial charge in [0.15, 0.2) is 0 Å². The van der Waals surface area contributed by atoms with Gasteiger partial charge in [0, 0.05) is 0 Å². The number of nitrogens with one attached hydrogen (secondary N) is 1. The average Bonchev–Trinajstić information content (AvgIpc) is 2.64. The number of sulfonamides is 1. The SMILES string of the molecule is CCC(C(=O)N1CC(=O)Nc2ccccc21)N(c1ccccc1)S(C)(=O)=O. The van der Waals surface area contributed by atoms with E-state index in [1.54, 1.807) is 61.5 Å². The van der Waals surface area contributed by atoms with Crippen molar-refractivity contribution in [1.82, 2.24) is 0 Å². The van der Waals surface area contributed by atoms with Crippen LogP contribution in [0.15, 0.2) is 54.6 Å². The van der Waals surface area contributed by atoms with Gasteiger partial charge in [0.1, 0.15) is 12.6 Å². The third-order valence-electron chi connectivity index (χ3n) is 4.36. The highest BCUT2D eigenvalue weighted by molar-refractivity contribution is 7.92. The molecule has 0 spiro atoms. The van der Waals surface area contributed by atoms with Crippen molar-refractivity contribution in [1.29, 1.82) is 0 Å². The van der Waals surface area contributed by atoms with Gasteiger partial charge in [0.05, 0.1) is 23.3 Å². The molecule has 0 radical (unpaired) electrons. The molecule has 27 heavy (non-hydrogen) atoms. The molecule has 3 rings (SSSR count). The van der Waals surface area contributed by atoms with Gasteiger partial charge in [-0.3, -0.25) is 18.8 Å². The molecule has 2 aromatic carbocycles. The third kappa shape index (κ3) is 3.80. The maximum atomic E-state index is 13.3. The minimum Gasteiger partial charge on any atom is -0.323 e. The van der Waals surface area contributed by atoms with Crippen molar-refractivity contribution in [3.63, 3.8) is 0 Å². The highest BCUT2D eigenvalue weighted by atomic mass is 32.2. The quantitative estimate of drug-likeness (QED) is 0.852. The summed E-state index contributed by atoms with van der Waals surface area (Å²) >= 11 is 0. The molecule has 1 heterocycles. The number of hydrogen-bond acceptors (Lipinski definition) is 4. The van der Waals surface area contributed by atoms with Crippen LogP contribution in [0.5, 0.6) is 0 Å². The lowest BCUT2D eigenvalue weighted by atomic mass is 10.1. The summed E-state index contributed by atoms with van der Waals surface area (Å²) in [6.07, 6.45) is 1.34. The number of hydrogen-bond donors (Lipinski definition) is 1. The minimum absolute atomic E-state index is 0.154. The molecule has 0 bridgehead atoms. The van der Waals surface area contributed by atoms with Crippen LogP contribution >= 0.6 is 0 Å². The van der Waals surface area contributed by atoms with E-state index in [-0.39, 0.29) is 18.9 Å². The van der Waals surface area contributed by atoms with Crippen LogP contribution in [0, 0.1) is 0 Å². The first-order valence-electron chi connectivity index (χ1n) is 8.57. The lowest BCUT2D eigenvalue weighted by Gasteiger charge is -2.36. The Balaban J connectivity index is 2.04. The number of carbonyl (C=O) groups excluding carboxylic acids is 2. The van der Waals surface area contributed by atoms with Gasteiger partial charge in [-0.1, -0.05) is 37.3 Å². The Labute approximate surface area is 158 Å². The zero-order chi connectivity index (χ0) is 19.6. The number of rotatable bonds is 5. The van der Waals surface area contributed by atoms with E-state index in [1.165, 1.54) is 4.90 Å². The highest BCUT2D eigenvalue weighted by Gasteiger charge is 2.37. The first kappa shape index (κ1) is 18.9. The fourth-order valence-corrected chi connectivity index (χ4v) is 4.43. The standard InChI is InChI=1S/C19H21N3O4S/c1-3-16(22(27(2,25)26)14-9-5-4-6-10-14)19(24)21-13-18(23)20-15-11-7-8-12-17(15)21/h4-12,16H,3,13H2,1-2H3,(H,20,23). The number of benzene rings is 2. The second-order valence-corrected chi connectivity index (χ2v) is 8.17. The van der Waals surface area contributed by atoms with Crippen molar-refractivity contribution in [2.75, 3.05) is 27.3 Å². The van der Waals surface area contributed by atoms with Gasteiger partial charge < -0.3 is 5.32 Å². The molecule has 1 aliphatic heterocycles. The third-order valence-corrected chi connectivity index (χ3v) is 5.54. The Morgan fingerprint density at radius 1 is 1.15 bits per heavy atom. The van der Waals surface area contributed by atoms with Gasteiger partial charge in [0.2, 0.25) is 15.9 Å². The molecule has 1 unspecified atom stereocenters. The van der Waals surface area contributed by atoms with Crippen LogP contribution in [0.3, 0.4) is 0 Å². The molecule has 0 aromatic heterocycles. The lowest BCUT2D eigenvalue weighted by Crippen LogP contribution is -2.53. The normalized spacial score (nSPS) is 14.9. The fourth-order valence-electron chi connectivity index (χ4n) is 3.23. The molecule has 7 nitrogen and oxygen atoms in total. The largest absolute Gasteiger partial charge is 0.323 e. The van der Waals surface area contributed by atoms with Crippen molar-refractivity contribution in [2.45, 2.75) is 19.4 Å². The molecule has 1 atom stereocenters. The van der Waals surface area contributed by atoms with Crippen LogP contribution in [-0.4, -0.2) is 39.1 Å². The van der Waals surface area contributed by atoms with Crippen molar-refractivity contribution in [2.24, 2.45) is 0 Å². The number of para-hydroxylation sites is 3. The number of fused-ring (bicyclic) bond motifs is 1. The van der Waals surface area contributed by atoms with E-state index in [0.717, 1.165) is 10.6 Å². The van der Waals surface area contributed by atoms with E-state index in [9.17, 15) is 18.0 Å². The smallest absolute Gasteiger partial charge is 0.251 e. The molecule has 142 valence electrons. The molecule has 0 saturated heterocycles. The van der Waals surface area contributed by atoms with Gasteiger partial charge in [-0.15, -0.1) is 0 Å². The van der Waals surface area contributed by atoms with E-state index < -0.39 is 22.0 Å². The predicted molar refractivity (Wildman–Crippen MR) is 105 cm³/mol. The van der Waals surface area contributed by atoms with Gasteiger partial charge in [0.25, 0.3) is 5.91 Å². The molecule has 1 N–H and O–H groups in total. The van der Waals surface area contributed by atoms with Crippen LogP contribution in [0.25, 0.3) is 0 Å². The van der Waals surface area contributed by atoms with Gasteiger partial charge >= 0.3 is 0 Å². The summed E-state index contributed by atoms with van der Waals surface area (Å²) in [7, 11) is -3.72. The van der Waals surface area contributed by atoms with Crippen molar-refractivity contribution < 1.29 is 18.0 Å². The van der Waals surface area contributed by atoms with Crippen LogP contribution in [0.4, 0.5) is 17.1 Å². The summed E-state index contributed by atoms with van der Waals surface area (Å²) in [6, 6.07) is 14.5. The summed E-state index contributed by atoms with van der Waals surface area (Å²) in [6.45, 7) is 1.60. The minimum atomic E-state index is -3.72. The summed E-state index contributed by atoms with van der Waals surface area (Å²) in [5.74, 6) is -0.753. The summed E-state index contributed by atoms with van der Waals surface area (Å²) in [5.41, 5.74) is 1.50. The number of anilines is 3. The lowest BCUT2D eigenvalue weighted by molar-refractivity contribution is -0.122. The monoisotopic (exact) mass is 387 g/mol. The molecule has 0 fully saturated rings. The number of nitrogens with zero attached hydrogens (tertiary/aromatic N) is 2. The number of amides is 2. The second kappa shape index (κ2) is 7.40. The zero-order valence-corrected chi connectivity index (χ0v) is 15.9. The first-order valence-corrected chi connectivity index (χ1v) is 10.4. The molecule has 2 aromatic rings. The van der Waals surface area contributed by atoms with Crippen LogP contribution in [0.1, 0.15) is 13.3 Å². The van der Waals surface area contributed by atoms with Crippen molar-refractivity contribution in [3.05, 3.63) is 54.6 Å². The molecule has 1 aliphatic rings. The zero-order valence-electron chi connectivity index (χ0n) is 15.1. The van der Waals surface area contributed by atoms with E-state index in [0.29, 0.717) is 17.1 Å². The Kier molecular flexibility index (Phi) is 5.18. The predicted octanol–water partition coefficient (Wildman–Crippen LogP) is 2.22. The average molecular weight is 387 g/mol. The van der Waals surface area contributed by atoms with E-state index in [2.05, 4.69) is 5.32 Å². The Bertz CT molecular complexity index is 960. The summed E-state index contributed by atoms with van der Waals surface area (Å²) in [5, 5.41) is 2.73. The Morgan fingerprint density at radius 2 is 1.78 bits per heavy atom. The second-order valence-electron chi connectivity index (χ2n) is 6.31. The highest BCUT2D eigenvalue weighted by Crippen LogP contribution is 2.31. The maximum Gasteiger partial charge on any atom is 0.251 e. The number of carbonyl (C=O) groups is 2. The molecule has 8 heteroatoms. The van der Waals surface area contributed by atoms with E-state index in [1.807, 2.05) is 0 Å². The fraction of sp³-hybridized carbons (Fsp3) is 0.263. The van der Waals surface area contributed by atoms with Crippen molar-refractivity contribution in [3.8, 4) is 0 Å².